The fourth-order valence-electron chi connectivity index (χ4n) is 0.882. The van der Waals surface area contributed by atoms with Crippen LogP contribution in [0.1, 0.15) is 12.5 Å². The third-order valence-corrected chi connectivity index (χ3v) is 2.11. The Morgan fingerprint density at radius 2 is 1.67 bits per heavy atom. The molecule has 0 aromatic heterocycles. The highest BCUT2D eigenvalue weighted by molar-refractivity contribution is 9.10. The molecule has 6 heteroatoms. The number of hydrogen-bond donors (Lipinski definition) is 2. The molecule has 4 N–H and O–H groups in total. The zero-order valence-corrected chi connectivity index (χ0v) is 10.5. The first-order chi connectivity index (χ1) is 6.59. The van der Waals surface area contributed by atoms with Crippen molar-refractivity contribution < 1.29 is 0 Å². The van der Waals surface area contributed by atoms with Crippen LogP contribution in [0.25, 0.3) is 0 Å². The zero-order chi connectivity index (χ0) is 10.6. The molecule has 1 rings (SSSR count). The average molecular weight is 292 g/mol. The van der Waals surface area contributed by atoms with Gasteiger partial charge in [-0.15, -0.1) is 17.5 Å². The Kier molecular flexibility index (Phi) is 5.96. The Bertz CT molecular complexity index is 368. The van der Waals surface area contributed by atoms with Crippen molar-refractivity contribution in [1.29, 1.82) is 0 Å². The quantitative estimate of drug-likeness (QED) is 0.496. The summed E-state index contributed by atoms with van der Waals surface area (Å²) in [4.78, 5) is 0. The van der Waals surface area contributed by atoms with Gasteiger partial charge in [0.15, 0.2) is 0 Å². The lowest BCUT2D eigenvalue weighted by molar-refractivity contribution is 1.20. The van der Waals surface area contributed by atoms with Crippen LogP contribution in [-0.4, -0.2) is 11.7 Å². The molecule has 0 bridgehead atoms. The molecule has 0 saturated carbocycles. The van der Waals surface area contributed by atoms with Crippen LogP contribution in [0.5, 0.6) is 0 Å². The van der Waals surface area contributed by atoms with Gasteiger partial charge in [0.25, 0.3) is 0 Å². The molecule has 0 aliphatic heterocycles. The van der Waals surface area contributed by atoms with E-state index in [1.807, 2.05) is 31.2 Å². The third kappa shape index (κ3) is 4.80. The van der Waals surface area contributed by atoms with Gasteiger partial charge in [-0.1, -0.05) is 28.1 Å². The molecule has 4 nitrogen and oxygen atoms in total. The summed E-state index contributed by atoms with van der Waals surface area (Å²) in [7, 11) is 0. The maximum absolute atomic E-state index is 5.16. The molecule has 1 aromatic rings. The van der Waals surface area contributed by atoms with Crippen molar-refractivity contribution in [3.8, 4) is 0 Å². The molecule has 0 radical (unpaired) electrons. The van der Waals surface area contributed by atoms with Crippen LogP contribution >= 0.6 is 28.3 Å². The van der Waals surface area contributed by atoms with E-state index in [-0.39, 0.29) is 18.4 Å². The summed E-state index contributed by atoms with van der Waals surface area (Å²) < 4.78 is 1.02. The van der Waals surface area contributed by atoms with E-state index >= 15 is 0 Å². The predicted octanol–water partition coefficient (Wildman–Crippen LogP) is 1.87. The zero-order valence-electron chi connectivity index (χ0n) is 8.14. The minimum atomic E-state index is -0.0403. The van der Waals surface area contributed by atoms with Crippen LogP contribution in [0, 0.1) is 0 Å². The molecule has 0 spiro atoms. The second-order valence-electron chi connectivity index (χ2n) is 2.72. The first-order valence-corrected chi connectivity index (χ1v) is 4.78. The standard InChI is InChI=1S/C9H11BrN4.ClH/c1-6(13-14-9(11)12)7-2-4-8(10)5-3-7;/h2-5H,1H3,(H4,11,12,14);1H/b13-6+;. The largest absolute Gasteiger partial charge is 0.369 e. The van der Waals surface area contributed by atoms with Crippen molar-refractivity contribution >= 4 is 40.0 Å². The fourth-order valence-corrected chi connectivity index (χ4v) is 1.15. The van der Waals surface area contributed by atoms with Crippen molar-refractivity contribution in [3.05, 3.63) is 34.3 Å². The topological polar surface area (TPSA) is 76.8 Å². The Morgan fingerprint density at radius 3 is 2.13 bits per heavy atom. The summed E-state index contributed by atoms with van der Waals surface area (Å²) in [5, 5.41) is 7.43. The fraction of sp³-hybridized carbons (Fsp3) is 0.111. The second kappa shape index (κ2) is 6.42. The van der Waals surface area contributed by atoms with E-state index in [1.54, 1.807) is 0 Å². The van der Waals surface area contributed by atoms with Gasteiger partial charge < -0.3 is 11.5 Å². The Morgan fingerprint density at radius 1 is 1.13 bits per heavy atom. The maximum Gasteiger partial charge on any atom is 0.211 e. The first-order valence-electron chi connectivity index (χ1n) is 3.98. The van der Waals surface area contributed by atoms with E-state index in [0.717, 1.165) is 15.7 Å². The van der Waals surface area contributed by atoms with Crippen LogP contribution in [0.2, 0.25) is 0 Å². The number of nitrogens with zero attached hydrogens (tertiary/aromatic N) is 2. The Hall–Kier alpha value is -1.07. The highest BCUT2D eigenvalue weighted by atomic mass is 79.9. The molecule has 0 amide bonds. The molecule has 82 valence electrons. The summed E-state index contributed by atoms with van der Waals surface area (Å²) in [5.74, 6) is -0.0403. The summed E-state index contributed by atoms with van der Waals surface area (Å²) >= 11 is 3.35. The summed E-state index contributed by atoms with van der Waals surface area (Å²) in [6, 6.07) is 7.74. The van der Waals surface area contributed by atoms with Crippen LogP contribution in [-0.2, 0) is 0 Å². The molecule has 0 fully saturated rings. The van der Waals surface area contributed by atoms with Gasteiger partial charge in [0.2, 0.25) is 5.96 Å². The summed E-state index contributed by atoms with van der Waals surface area (Å²) in [5.41, 5.74) is 12.1. The molecular weight excluding hydrogens is 279 g/mol. The maximum atomic E-state index is 5.16. The van der Waals surface area contributed by atoms with E-state index in [4.69, 9.17) is 11.5 Å². The van der Waals surface area contributed by atoms with Crippen LogP contribution in [0.15, 0.2) is 38.9 Å². The smallest absolute Gasteiger partial charge is 0.211 e. The van der Waals surface area contributed by atoms with Crippen molar-refractivity contribution in [2.75, 3.05) is 0 Å². The average Bonchev–Trinajstić information content (AvgIpc) is 2.15. The number of nitrogens with two attached hydrogens (primary N) is 2. The predicted molar refractivity (Wildman–Crippen MR) is 69.4 cm³/mol. The molecule has 0 unspecified atom stereocenters. The lowest BCUT2D eigenvalue weighted by Crippen LogP contribution is -2.22. The Labute approximate surface area is 103 Å². The van der Waals surface area contributed by atoms with Gasteiger partial charge in [-0.25, -0.2) is 0 Å². The molecule has 0 saturated heterocycles. The van der Waals surface area contributed by atoms with Crippen molar-refractivity contribution in [3.63, 3.8) is 0 Å². The highest BCUT2D eigenvalue weighted by Gasteiger charge is 1.96. The number of halogens is 2. The third-order valence-electron chi connectivity index (χ3n) is 1.58. The number of guanidine groups is 1. The van der Waals surface area contributed by atoms with Crippen LogP contribution in [0.4, 0.5) is 0 Å². The normalized spacial score (nSPS) is 10.4. The van der Waals surface area contributed by atoms with Gasteiger partial charge in [-0.2, -0.15) is 5.10 Å². The van der Waals surface area contributed by atoms with E-state index in [2.05, 4.69) is 26.1 Å². The van der Waals surface area contributed by atoms with Gasteiger partial charge in [-0.3, -0.25) is 0 Å². The monoisotopic (exact) mass is 290 g/mol. The van der Waals surface area contributed by atoms with Crippen molar-refractivity contribution in [2.45, 2.75) is 6.92 Å². The van der Waals surface area contributed by atoms with Crippen LogP contribution in [0.3, 0.4) is 0 Å². The lowest BCUT2D eigenvalue weighted by Gasteiger charge is -1.98. The van der Waals surface area contributed by atoms with Crippen LogP contribution < -0.4 is 11.5 Å². The number of benzene rings is 1. The van der Waals surface area contributed by atoms with Gasteiger partial charge in [0, 0.05) is 4.47 Å². The van der Waals surface area contributed by atoms with E-state index < -0.39 is 0 Å². The van der Waals surface area contributed by atoms with Gasteiger partial charge in [-0.05, 0) is 24.6 Å². The number of rotatable bonds is 2. The van der Waals surface area contributed by atoms with Crippen molar-refractivity contribution in [1.82, 2.24) is 0 Å². The number of hydrogen-bond acceptors (Lipinski definition) is 2. The summed E-state index contributed by atoms with van der Waals surface area (Å²) in [6.07, 6.45) is 0. The minimum absolute atomic E-state index is 0. The molecule has 0 aliphatic carbocycles. The SMILES string of the molecule is C/C(=N\N=C(N)N)c1ccc(Br)cc1.Cl. The molecule has 0 atom stereocenters. The Balaban J connectivity index is 0.00000196. The van der Waals surface area contributed by atoms with E-state index in [0.29, 0.717) is 0 Å². The highest BCUT2D eigenvalue weighted by Crippen LogP contribution is 2.11. The minimum Gasteiger partial charge on any atom is -0.369 e. The molecule has 0 aliphatic rings. The lowest BCUT2D eigenvalue weighted by atomic mass is 10.1. The molecule has 1 aromatic carbocycles. The second-order valence-corrected chi connectivity index (χ2v) is 3.63. The van der Waals surface area contributed by atoms with E-state index in [9.17, 15) is 0 Å². The van der Waals surface area contributed by atoms with Gasteiger partial charge >= 0.3 is 0 Å². The van der Waals surface area contributed by atoms with Gasteiger partial charge in [0.05, 0.1) is 5.71 Å². The van der Waals surface area contributed by atoms with E-state index in [1.165, 1.54) is 0 Å². The molecule has 15 heavy (non-hydrogen) atoms. The molecular formula is C9H12BrClN4. The molecule has 0 heterocycles. The van der Waals surface area contributed by atoms with Gasteiger partial charge in [0.1, 0.15) is 0 Å². The van der Waals surface area contributed by atoms with Crippen molar-refractivity contribution in [2.24, 2.45) is 21.7 Å². The summed E-state index contributed by atoms with van der Waals surface area (Å²) in [6.45, 7) is 1.84. The first kappa shape index (κ1) is 13.9.